The molecular weight excluding hydrogens is 278 g/mol. The minimum atomic E-state index is -3.50. The van der Waals surface area contributed by atoms with Gasteiger partial charge in [0, 0.05) is 31.1 Å². The SMILES string of the molecule is CC1OCCC1NS(=O)(=O)c1cc(CN)n(C2CC2)c1. The van der Waals surface area contributed by atoms with Crippen molar-refractivity contribution in [1.29, 1.82) is 0 Å². The third kappa shape index (κ3) is 2.63. The first-order valence-corrected chi connectivity index (χ1v) is 8.54. The molecule has 7 heteroatoms. The second-order valence-electron chi connectivity index (χ2n) is 5.60. The van der Waals surface area contributed by atoms with Crippen LogP contribution in [0.15, 0.2) is 17.2 Å². The van der Waals surface area contributed by atoms with Crippen molar-refractivity contribution >= 4 is 10.0 Å². The van der Waals surface area contributed by atoms with Gasteiger partial charge < -0.3 is 15.0 Å². The van der Waals surface area contributed by atoms with E-state index in [1.807, 2.05) is 11.5 Å². The van der Waals surface area contributed by atoms with E-state index in [0.717, 1.165) is 18.5 Å². The molecular formula is C13H21N3O3S. The van der Waals surface area contributed by atoms with Crippen molar-refractivity contribution in [3.63, 3.8) is 0 Å². The van der Waals surface area contributed by atoms with Gasteiger partial charge in [-0.15, -0.1) is 0 Å². The second kappa shape index (κ2) is 5.14. The van der Waals surface area contributed by atoms with Gasteiger partial charge in [-0.25, -0.2) is 13.1 Å². The molecule has 112 valence electrons. The summed E-state index contributed by atoms with van der Waals surface area (Å²) >= 11 is 0. The van der Waals surface area contributed by atoms with E-state index >= 15 is 0 Å². The molecule has 2 unspecified atom stereocenters. The van der Waals surface area contributed by atoms with E-state index in [4.69, 9.17) is 10.5 Å². The lowest BCUT2D eigenvalue weighted by Crippen LogP contribution is -2.38. The van der Waals surface area contributed by atoms with Gasteiger partial charge in [0.15, 0.2) is 0 Å². The molecule has 2 aliphatic rings. The lowest BCUT2D eigenvalue weighted by Gasteiger charge is -2.15. The van der Waals surface area contributed by atoms with Crippen LogP contribution in [-0.2, 0) is 21.3 Å². The van der Waals surface area contributed by atoms with Crippen molar-refractivity contribution in [2.45, 2.75) is 55.8 Å². The Balaban J connectivity index is 1.83. The zero-order valence-corrected chi connectivity index (χ0v) is 12.4. The lowest BCUT2D eigenvalue weighted by molar-refractivity contribution is 0.117. The Kier molecular flexibility index (Phi) is 3.62. The first-order valence-electron chi connectivity index (χ1n) is 7.06. The number of hydrogen-bond acceptors (Lipinski definition) is 4. The molecule has 2 fully saturated rings. The van der Waals surface area contributed by atoms with Gasteiger partial charge >= 0.3 is 0 Å². The van der Waals surface area contributed by atoms with Gasteiger partial charge in [0.05, 0.1) is 17.0 Å². The Morgan fingerprint density at radius 1 is 1.45 bits per heavy atom. The Morgan fingerprint density at radius 3 is 2.75 bits per heavy atom. The summed E-state index contributed by atoms with van der Waals surface area (Å²) in [5.41, 5.74) is 6.58. The lowest BCUT2D eigenvalue weighted by atomic mass is 10.2. The first-order chi connectivity index (χ1) is 9.51. The predicted molar refractivity (Wildman–Crippen MR) is 74.7 cm³/mol. The molecule has 2 heterocycles. The topological polar surface area (TPSA) is 86.3 Å². The minimum Gasteiger partial charge on any atom is -0.377 e. The fourth-order valence-corrected chi connectivity index (χ4v) is 4.04. The Labute approximate surface area is 119 Å². The van der Waals surface area contributed by atoms with Crippen molar-refractivity contribution in [2.75, 3.05) is 6.61 Å². The van der Waals surface area contributed by atoms with Crippen molar-refractivity contribution in [1.82, 2.24) is 9.29 Å². The molecule has 1 aromatic heterocycles. The van der Waals surface area contributed by atoms with Gasteiger partial charge in [-0.3, -0.25) is 0 Å². The van der Waals surface area contributed by atoms with Crippen LogP contribution < -0.4 is 10.5 Å². The molecule has 3 N–H and O–H groups in total. The number of nitrogens with two attached hydrogens (primary N) is 1. The highest BCUT2D eigenvalue weighted by Crippen LogP contribution is 2.37. The van der Waals surface area contributed by atoms with Gasteiger partial charge in [-0.2, -0.15) is 0 Å². The number of ether oxygens (including phenoxy) is 1. The number of rotatable bonds is 5. The van der Waals surface area contributed by atoms with E-state index in [1.165, 1.54) is 0 Å². The summed E-state index contributed by atoms with van der Waals surface area (Å²) in [6.45, 7) is 2.85. The van der Waals surface area contributed by atoms with Crippen LogP contribution in [0.1, 0.15) is 37.9 Å². The minimum absolute atomic E-state index is 0.0794. The molecule has 1 aliphatic carbocycles. The third-order valence-corrected chi connectivity index (χ3v) is 5.51. The monoisotopic (exact) mass is 299 g/mol. The van der Waals surface area contributed by atoms with Gasteiger partial charge in [0.1, 0.15) is 0 Å². The molecule has 1 saturated carbocycles. The number of aromatic nitrogens is 1. The van der Waals surface area contributed by atoms with E-state index in [2.05, 4.69) is 4.72 Å². The maximum absolute atomic E-state index is 12.4. The molecule has 1 saturated heterocycles. The van der Waals surface area contributed by atoms with E-state index in [9.17, 15) is 8.42 Å². The van der Waals surface area contributed by atoms with Crippen LogP contribution in [0.4, 0.5) is 0 Å². The molecule has 1 aromatic rings. The highest BCUT2D eigenvalue weighted by molar-refractivity contribution is 7.89. The largest absolute Gasteiger partial charge is 0.377 e. The van der Waals surface area contributed by atoms with Gasteiger partial charge in [-0.05, 0) is 32.3 Å². The zero-order chi connectivity index (χ0) is 14.3. The average Bonchev–Trinajstić information content (AvgIpc) is 3.03. The summed E-state index contributed by atoms with van der Waals surface area (Å²) in [5, 5.41) is 0. The van der Waals surface area contributed by atoms with Crippen LogP contribution >= 0.6 is 0 Å². The summed E-state index contributed by atoms with van der Waals surface area (Å²) < 4.78 is 35.0. The molecule has 0 aromatic carbocycles. The van der Waals surface area contributed by atoms with Crippen LogP contribution in [0.5, 0.6) is 0 Å². The molecule has 0 amide bonds. The summed E-state index contributed by atoms with van der Waals surface area (Å²) in [7, 11) is -3.50. The Morgan fingerprint density at radius 2 is 2.20 bits per heavy atom. The Hall–Kier alpha value is -0.890. The first kappa shape index (κ1) is 14.1. The maximum atomic E-state index is 12.4. The average molecular weight is 299 g/mol. The highest BCUT2D eigenvalue weighted by Gasteiger charge is 2.31. The third-order valence-electron chi connectivity index (χ3n) is 4.05. The molecule has 20 heavy (non-hydrogen) atoms. The zero-order valence-electron chi connectivity index (χ0n) is 11.6. The number of hydrogen-bond donors (Lipinski definition) is 2. The van der Waals surface area contributed by atoms with Gasteiger partial charge in [0.2, 0.25) is 10.0 Å². The molecule has 3 rings (SSSR count). The molecule has 6 nitrogen and oxygen atoms in total. The second-order valence-corrected chi connectivity index (χ2v) is 7.32. The molecule has 2 atom stereocenters. The highest BCUT2D eigenvalue weighted by atomic mass is 32.2. The van der Waals surface area contributed by atoms with Crippen LogP contribution in [-0.4, -0.2) is 31.7 Å². The molecule has 1 aliphatic heterocycles. The standard InChI is InChI=1S/C13H21N3O3S/c1-9-13(4-5-19-9)15-20(17,18)12-6-11(7-14)16(8-12)10-2-3-10/h6,8-10,13,15H,2-5,7,14H2,1H3. The van der Waals surface area contributed by atoms with E-state index in [-0.39, 0.29) is 12.1 Å². The molecule has 0 radical (unpaired) electrons. The molecule has 0 bridgehead atoms. The fourth-order valence-electron chi connectivity index (χ4n) is 2.65. The fraction of sp³-hybridized carbons (Fsp3) is 0.692. The van der Waals surface area contributed by atoms with Crippen molar-refractivity contribution in [2.24, 2.45) is 5.73 Å². The van der Waals surface area contributed by atoms with E-state index < -0.39 is 10.0 Å². The van der Waals surface area contributed by atoms with Crippen molar-refractivity contribution in [3.05, 3.63) is 18.0 Å². The van der Waals surface area contributed by atoms with Crippen LogP contribution in [0.3, 0.4) is 0 Å². The predicted octanol–water partition coefficient (Wildman–Crippen LogP) is 0.737. The van der Waals surface area contributed by atoms with Gasteiger partial charge in [-0.1, -0.05) is 0 Å². The van der Waals surface area contributed by atoms with Crippen LogP contribution in [0, 0.1) is 0 Å². The van der Waals surface area contributed by atoms with E-state index in [0.29, 0.717) is 30.5 Å². The summed E-state index contributed by atoms with van der Waals surface area (Å²) in [4.78, 5) is 0.309. The number of sulfonamides is 1. The summed E-state index contributed by atoms with van der Waals surface area (Å²) in [5.74, 6) is 0. The Bertz CT molecular complexity index is 592. The number of nitrogens with one attached hydrogen (secondary N) is 1. The van der Waals surface area contributed by atoms with Gasteiger partial charge in [0.25, 0.3) is 0 Å². The van der Waals surface area contributed by atoms with Crippen LogP contribution in [0.25, 0.3) is 0 Å². The van der Waals surface area contributed by atoms with E-state index in [1.54, 1.807) is 12.3 Å². The van der Waals surface area contributed by atoms with Crippen molar-refractivity contribution in [3.8, 4) is 0 Å². The smallest absolute Gasteiger partial charge is 0.242 e. The molecule has 0 spiro atoms. The number of nitrogens with zero attached hydrogens (tertiary/aromatic N) is 1. The summed E-state index contributed by atoms with van der Waals surface area (Å²) in [6, 6.07) is 1.96. The van der Waals surface area contributed by atoms with Crippen molar-refractivity contribution < 1.29 is 13.2 Å². The quantitative estimate of drug-likeness (QED) is 0.839. The normalized spacial score (nSPS) is 27.1. The van der Waals surface area contributed by atoms with Crippen LogP contribution in [0.2, 0.25) is 0 Å². The maximum Gasteiger partial charge on any atom is 0.242 e. The summed E-state index contributed by atoms with van der Waals surface area (Å²) in [6.07, 6.45) is 4.55.